The normalized spacial score (nSPS) is 18.6. The SMILES string of the molecule is Cc1cccc(CO[C@H]2C[C@@H](c3n[nH]c(C)n3)N(C(=O)CCc3c(C)noc3C)C2)c1. The number of aromatic nitrogens is 4. The summed E-state index contributed by atoms with van der Waals surface area (Å²) < 4.78 is 11.4. The van der Waals surface area contributed by atoms with Crippen LogP contribution in [-0.4, -0.2) is 43.8 Å². The van der Waals surface area contributed by atoms with Crippen molar-refractivity contribution in [3.8, 4) is 0 Å². The first-order chi connectivity index (χ1) is 14.9. The minimum absolute atomic E-state index is 0.0627. The van der Waals surface area contributed by atoms with Gasteiger partial charge in [0.15, 0.2) is 5.82 Å². The third-order valence-corrected chi connectivity index (χ3v) is 5.83. The van der Waals surface area contributed by atoms with Crippen LogP contribution >= 0.6 is 0 Å². The number of H-pyrrole nitrogens is 1. The fourth-order valence-electron chi connectivity index (χ4n) is 4.20. The van der Waals surface area contributed by atoms with Gasteiger partial charge in [0.05, 0.1) is 24.4 Å². The highest BCUT2D eigenvalue weighted by Crippen LogP contribution is 2.33. The van der Waals surface area contributed by atoms with Crippen molar-refractivity contribution in [3.05, 3.63) is 64.1 Å². The highest BCUT2D eigenvalue weighted by atomic mass is 16.5. The third kappa shape index (κ3) is 4.85. The quantitative estimate of drug-likeness (QED) is 0.624. The van der Waals surface area contributed by atoms with Gasteiger partial charge in [-0.1, -0.05) is 35.0 Å². The number of rotatable bonds is 7. The van der Waals surface area contributed by atoms with E-state index < -0.39 is 0 Å². The van der Waals surface area contributed by atoms with Crippen LogP contribution in [0.15, 0.2) is 28.8 Å². The molecule has 0 unspecified atom stereocenters. The molecule has 1 aromatic carbocycles. The summed E-state index contributed by atoms with van der Waals surface area (Å²) in [4.78, 5) is 19.5. The lowest BCUT2D eigenvalue weighted by Gasteiger charge is -2.22. The molecule has 1 fully saturated rings. The van der Waals surface area contributed by atoms with Gasteiger partial charge in [-0.05, 0) is 39.7 Å². The molecule has 4 rings (SSSR count). The van der Waals surface area contributed by atoms with Crippen LogP contribution in [0.2, 0.25) is 0 Å². The van der Waals surface area contributed by atoms with Gasteiger partial charge in [0.2, 0.25) is 5.91 Å². The van der Waals surface area contributed by atoms with Crippen molar-refractivity contribution in [2.24, 2.45) is 0 Å². The minimum Gasteiger partial charge on any atom is -0.372 e. The number of likely N-dealkylation sites (tertiary alicyclic amines) is 1. The maximum atomic E-state index is 13.2. The van der Waals surface area contributed by atoms with Crippen molar-refractivity contribution in [1.82, 2.24) is 25.2 Å². The van der Waals surface area contributed by atoms with Crippen LogP contribution in [-0.2, 0) is 22.6 Å². The number of hydrogen-bond acceptors (Lipinski definition) is 6. The number of aryl methyl sites for hydroxylation is 4. The molecule has 8 heteroatoms. The van der Waals surface area contributed by atoms with Gasteiger partial charge in [-0.15, -0.1) is 0 Å². The van der Waals surface area contributed by atoms with E-state index in [-0.39, 0.29) is 18.1 Å². The molecule has 1 aliphatic rings. The summed E-state index contributed by atoms with van der Waals surface area (Å²) in [5.41, 5.74) is 4.18. The molecule has 2 atom stereocenters. The van der Waals surface area contributed by atoms with Crippen molar-refractivity contribution in [1.29, 1.82) is 0 Å². The predicted molar refractivity (Wildman–Crippen MR) is 114 cm³/mol. The summed E-state index contributed by atoms with van der Waals surface area (Å²) in [6.45, 7) is 8.77. The van der Waals surface area contributed by atoms with Crippen molar-refractivity contribution < 1.29 is 14.1 Å². The Kier molecular flexibility index (Phi) is 6.18. The van der Waals surface area contributed by atoms with Gasteiger partial charge in [-0.25, -0.2) is 4.98 Å². The Morgan fingerprint density at radius 3 is 2.81 bits per heavy atom. The van der Waals surface area contributed by atoms with Gasteiger partial charge < -0.3 is 14.2 Å². The number of ether oxygens (including phenoxy) is 1. The van der Waals surface area contributed by atoms with Gasteiger partial charge in [0.1, 0.15) is 11.6 Å². The molecule has 1 N–H and O–H groups in total. The lowest BCUT2D eigenvalue weighted by atomic mass is 10.1. The zero-order valence-corrected chi connectivity index (χ0v) is 18.5. The van der Waals surface area contributed by atoms with Crippen LogP contribution in [0.3, 0.4) is 0 Å². The number of hydrogen-bond donors (Lipinski definition) is 1. The van der Waals surface area contributed by atoms with E-state index in [0.717, 1.165) is 28.4 Å². The molecule has 3 aromatic rings. The van der Waals surface area contributed by atoms with Crippen LogP contribution in [0.25, 0.3) is 0 Å². The average Bonchev–Trinajstić information content (AvgIpc) is 3.44. The first kappa shape index (κ1) is 21.2. The topological polar surface area (TPSA) is 97.1 Å². The molecule has 0 spiro atoms. The predicted octanol–water partition coefficient (Wildman–Crippen LogP) is 3.52. The monoisotopic (exact) mass is 423 g/mol. The summed E-state index contributed by atoms with van der Waals surface area (Å²) in [5.74, 6) is 2.22. The maximum absolute atomic E-state index is 13.2. The molecule has 0 radical (unpaired) electrons. The number of benzene rings is 1. The molecule has 0 bridgehead atoms. The molecule has 0 aliphatic carbocycles. The summed E-state index contributed by atoms with van der Waals surface area (Å²) >= 11 is 0. The van der Waals surface area contributed by atoms with Crippen LogP contribution < -0.4 is 0 Å². The Labute approximate surface area is 182 Å². The van der Waals surface area contributed by atoms with E-state index in [1.165, 1.54) is 5.56 Å². The zero-order valence-electron chi connectivity index (χ0n) is 18.5. The number of amides is 1. The molecule has 1 saturated heterocycles. The van der Waals surface area contributed by atoms with Crippen molar-refractivity contribution in [2.75, 3.05) is 6.54 Å². The maximum Gasteiger partial charge on any atom is 0.223 e. The van der Waals surface area contributed by atoms with E-state index in [1.807, 2.05) is 31.7 Å². The fraction of sp³-hybridized carbons (Fsp3) is 0.478. The largest absolute Gasteiger partial charge is 0.372 e. The Hall–Kier alpha value is -3.00. The number of carbonyl (C=O) groups is 1. The minimum atomic E-state index is -0.190. The highest BCUT2D eigenvalue weighted by molar-refractivity contribution is 5.77. The Morgan fingerprint density at radius 2 is 2.13 bits per heavy atom. The van der Waals surface area contributed by atoms with Crippen LogP contribution in [0.5, 0.6) is 0 Å². The summed E-state index contributed by atoms with van der Waals surface area (Å²) in [6, 6.07) is 8.10. The number of nitrogens with zero attached hydrogens (tertiary/aromatic N) is 4. The van der Waals surface area contributed by atoms with Gasteiger partial charge in [0, 0.05) is 24.9 Å². The Bertz CT molecular complexity index is 1040. The van der Waals surface area contributed by atoms with Gasteiger partial charge in [0.25, 0.3) is 0 Å². The van der Waals surface area contributed by atoms with E-state index in [1.54, 1.807) is 0 Å². The van der Waals surface area contributed by atoms with Crippen molar-refractivity contribution in [2.45, 2.75) is 65.7 Å². The number of nitrogens with one attached hydrogen (secondary N) is 1. The third-order valence-electron chi connectivity index (χ3n) is 5.83. The van der Waals surface area contributed by atoms with Crippen LogP contribution in [0.1, 0.15) is 58.7 Å². The molecule has 31 heavy (non-hydrogen) atoms. The second-order valence-electron chi connectivity index (χ2n) is 8.30. The summed E-state index contributed by atoms with van der Waals surface area (Å²) in [6.07, 6.45) is 1.60. The lowest BCUT2D eigenvalue weighted by molar-refractivity contribution is -0.132. The van der Waals surface area contributed by atoms with E-state index >= 15 is 0 Å². The second-order valence-corrected chi connectivity index (χ2v) is 8.30. The molecule has 8 nitrogen and oxygen atoms in total. The second kappa shape index (κ2) is 9.01. The molecule has 2 aromatic heterocycles. The van der Waals surface area contributed by atoms with Crippen molar-refractivity contribution >= 4 is 5.91 Å². The molecule has 3 heterocycles. The van der Waals surface area contributed by atoms with Crippen LogP contribution in [0.4, 0.5) is 0 Å². The number of aromatic amines is 1. The van der Waals surface area contributed by atoms with E-state index in [0.29, 0.717) is 38.2 Å². The van der Waals surface area contributed by atoms with Crippen molar-refractivity contribution in [3.63, 3.8) is 0 Å². The van der Waals surface area contributed by atoms with Gasteiger partial charge in [-0.2, -0.15) is 5.10 Å². The van der Waals surface area contributed by atoms with Gasteiger partial charge >= 0.3 is 0 Å². The summed E-state index contributed by atoms with van der Waals surface area (Å²) in [7, 11) is 0. The first-order valence-electron chi connectivity index (χ1n) is 10.7. The Balaban J connectivity index is 1.44. The molecule has 0 saturated carbocycles. The lowest BCUT2D eigenvalue weighted by Crippen LogP contribution is -2.32. The first-order valence-corrected chi connectivity index (χ1v) is 10.7. The zero-order chi connectivity index (χ0) is 22.0. The smallest absolute Gasteiger partial charge is 0.223 e. The average molecular weight is 424 g/mol. The standard InChI is InChI=1S/C23H29N5O3/c1-14-6-5-7-18(10-14)13-30-19-11-21(23-24-17(4)25-26-23)28(12-19)22(29)9-8-20-15(2)27-31-16(20)3/h5-7,10,19,21H,8-9,11-13H2,1-4H3,(H,24,25,26)/t19-,21-/m0/s1. The summed E-state index contributed by atoms with van der Waals surface area (Å²) in [5, 5.41) is 11.2. The Morgan fingerprint density at radius 1 is 1.29 bits per heavy atom. The highest BCUT2D eigenvalue weighted by Gasteiger charge is 2.38. The van der Waals surface area contributed by atoms with E-state index in [9.17, 15) is 4.79 Å². The fourth-order valence-corrected chi connectivity index (χ4v) is 4.20. The van der Waals surface area contributed by atoms with Crippen LogP contribution in [0, 0.1) is 27.7 Å². The molecular formula is C23H29N5O3. The van der Waals surface area contributed by atoms with E-state index in [4.69, 9.17) is 9.26 Å². The number of carbonyl (C=O) groups excluding carboxylic acids is 1. The molecule has 1 aliphatic heterocycles. The molecule has 164 valence electrons. The van der Waals surface area contributed by atoms with Gasteiger partial charge in [-0.3, -0.25) is 9.89 Å². The molecule has 1 amide bonds. The van der Waals surface area contributed by atoms with E-state index in [2.05, 4.69) is 45.5 Å². The molecular weight excluding hydrogens is 394 g/mol.